The van der Waals surface area contributed by atoms with Gasteiger partial charge in [-0.25, -0.2) is 4.98 Å². The van der Waals surface area contributed by atoms with E-state index in [-0.39, 0.29) is 5.54 Å². The molecule has 0 radical (unpaired) electrons. The lowest BCUT2D eigenvalue weighted by Crippen LogP contribution is -2.51. The van der Waals surface area contributed by atoms with Crippen LogP contribution < -0.4 is 5.32 Å². The predicted molar refractivity (Wildman–Crippen MR) is 82.8 cm³/mol. The van der Waals surface area contributed by atoms with E-state index in [0.29, 0.717) is 0 Å². The molecule has 106 valence electrons. The number of nitrogens with zero attached hydrogens (tertiary/aromatic N) is 3. The van der Waals surface area contributed by atoms with E-state index in [4.69, 9.17) is 4.98 Å². The van der Waals surface area contributed by atoms with Crippen molar-refractivity contribution >= 4 is 11.3 Å². The Balaban J connectivity index is 1.85. The maximum absolute atomic E-state index is 4.84. The van der Waals surface area contributed by atoms with E-state index in [2.05, 4.69) is 40.5 Å². The van der Waals surface area contributed by atoms with Gasteiger partial charge in [0.15, 0.2) is 0 Å². The monoisotopic (exact) mass is 288 g/mol. The standard InChI is InChI=1S/C15H20N4S/c1-15(2,19-8-6-16-7-9-19)13-11-20-14(18-13)12-4-3-5-17-10-12/h3-5,10-11,16H,6-9H2,1-2H3. The predicted octanol–water partition coefficient (Wildman–Crippen LogP) is 2.35. The summed E-state index contributed by atoms with van der Waals surface area (Å²) in [4.78, 5) is 11.5. The highest BCUT2D eigenvalue weighted by Gasteiger charge is 2.31. The van der Waals surface area contributed by atoms with Crippen molar-refractivity contribution in [3.8, 4) is 10.6 Å². The number of nitrogens with one attached hydrogen (secondary N) is 1. The molecule has 0 atom stereocenters. The van der Waals surface area contributed by atoms with Gasteiger partial charge in [-0.15, -0.1) is 11.3 Å². The average molecular weight is 288 g/mol. The molecule has 2 aromatic rings. The summed E-state index contributed by atoms with van der Waals surface area (Å²) in [6.07, 6.45) is 3.67. The molecule has 0 aliphatic carbocycles. The van der Waals surface area contributed by atoms with Crippen molar-refractivity contribution in [2.24, 2.45) is 0 Å². The highest BCUT2D eigenvalue weighted by Crippen LogP contribution is 2.32. The molecule has 1 saturated heterocycles. The van der Waals surface area contributed by atoms with Crippen LogP contribution in [0.15, 0.2) is 29.9 Å². The summed E-state index contributed by atoms with van der Waals surface area (Å²) in [6, 6.07) is 4.02. The molecule has 1 aliphatic rings. The van der Waals surface area contributed by atoms with Gasteiger partial charge in [0.25, 0.3) is 0 Å². The molecule has 1 aliphatic heterocycles. The third kappa shape index (κ3) is 2.61. The largest absolute Gasteiger partial charge is 0.314 e. The Bertz CT molecular complexity index is 558. The SMILES string of the molecule is CC(C)(c1csc(-c2cccnc2)n1)N1CCNCC1. The van der Waals surface area contributed by atoms with Crippen molar-refractivity contribution < 1.29 is 0 Å². The van der Waals surface area contributed by atoms with Gasteiger partial charge in [-0.05, 0) is 26.0 Å². The quantitative estimate of drug-likeness (QED) is 0.941. The first-order valence-electron chi connectivity index (χ1n) is 7.00. The summed E-state index contributed by atoms with van der Waals surface area (Å²) in [5.74, 6) is 0. The maximum atomic E-state index is 4.84. The first-order chi connectivity index (χ1) is 9.68. The number of hydrogen-bond acceptors (Lipinski definition) is 5. The first kappa shape index (κ1) is 13.7. The summed E-state index contributed by atoms with van der Waals surface area (Å²) in [6.45, 7) is 8.80. The maximum Gasteiger partial charge on any atom is 0.125 e. The van der Waals surface area contributed by atoms with Crippen LogP contribution in [-0.4, -0.2) is 41.0 Å². The van der Waals surface area contributed by atoms with E-state index in [9.17, 15) is 0 Å². The highest BCUT2D eigenvalue weighted by molar-refractivity contribution is 7.13. The lowest BCUT2D eigenvalue weighted by Gasteiger charge is -2.40. The molecule has 0 unspecified atom stereocenters. The minimum Gasteiger partial charge on any atom is -0.314 e. The topological polar surface area (TPSA) is 41.1 Å². The smallest absolute Gasteiger partial charge is 0.125 e. The number of rotatable bonds is 3. The molecular weight excluding hydrogens is 268 g/mol. The van der Waals surface area contributed by atoms with Gasteiger partial charge in [-0.3, -0.25) is 9.88 Å². The summed E-state index contributed by atoms with van der Waals surface area (Å²) in [5, 5.41) is 6.64. The number of pyridine rings is 1. The Hall–Kier alpha value is -1.30. The van der Waals surface area contributed by atoms with Gasteiger partial charge < -0.3 is 5.32 Å². The van der Waals surface area contributed by atoms with Crippen LogP contribution in [0.1, 0.15) is 19.5 Å². The highest BCUT2D eigenvalue weighted by atomic mass is 32.1. The number of thiazole rings is 1. The lowest BCUT2D eigenvalue weighted by atomic mass is 9.98. The Kier molecular flexibility index (Phi) is 3.83. The molecular formula is C15H20N4S. The van der Waals surface area contributed by atoms with Crippen molar-refractivity contribution in [3.63, 3.8) is 0 Å². The van der Waals surface area contributed by atoms with Crippen LogP contribution in [0.5, 0.6) is 0 Å². The zero-order valence-corrected chi connectivity index (χ0v) is 12.8. The molecule has 2 aromatic heterocycles. The third-order valence-corrected chi connectivity index (χ3v) is 4.84. The van der Waals surface area contributed by atoms with Gasteiger partial charge in [0.1, 0.15) is 5.01 Å². The normalized spacial score (nSPS) is 17.3. The fraction of sp³-hybridized carbons (Fsp3) is 0.467. The molecule has 20 heavy (non-hydrogen) atoms. The van der Waals surface area contributed by atoms with E-state index >= 15 is 0 Å². The van der Waals surface area contributed by atoms with Crippen molar-refractivity contribution in [2.75, 3.05) is 26.2 Å². The Morgan fingerprint density at radius 2 is 2.10 bits per heavy atom. The molecule has 0 amide bonds. The molecule has 3 heterocycles. The Morgan fingerprint density at radius 3 is 2.80 bits per heavy atom. The molecule has 5 heteroatoms. The van der Waals surface area contributed by atoms with Crippen molar-refractivity contribution in [1.82, 2.24) is 20.2 Å². The minimum atomic E-state index is -0.0148. The van der Waals surface area contributed by atoms with Crippen LogP contribution in [0.2, 0.25) is 0 Å². The van der Waals surface area contributed by atoms with E-state index in [1.165, 1.54) is 0 Å². The van der Waals surface area contributed by atoms with Gasteiger partial charge >= 0.3 is 0 Å². The number of aromatic nitrogens is 2. The lowest BCUT2D eigenvalue weighted by molar-refractivity contribution is 0.0994. The Morgan fingerprint density at radius 1 is 1.30 bits per heavy atom. The summed E-state index contributed by atoms with van der Waals surface area (Å²) in [5.41, 5.74) is 2.24. The summed E-state index contributed by atoms with van der Waals surface area (Å²) < 4.78 is 0. The molecule has 1 N–H and O–H groups in total. The molecule has 0 saturated carbocycles. The van der Waals surface area contributed by atoms with Crippen LogP contribution in [0.3, 0.4) is 0 Å². The summed E-state index contributed by atoms with van der Waals surface area (Å²) in [7, 11) is 0. The van der Waals surface area contributed by atoms with Crippen molar-refractivity contribution in [1.29, 1.82) is 0 Å². The average Bonchev–Trinajstić information content (AvgIpc) is 3.00. The molecule has 0 bridgehead atoms. The molecule has 4 nitrogen and oxygen atoms in total. The fourth-order valence-electron chi connectivity index (χ4n) is 2.56. The van der Waals surface area contributed by atoms with Crippen LogP contribution in [0.4, 0.5) is 0 Å². The first-order valence-corrected chi connectivity index (χ1v) is 7.88. The summed E-state index contributed by atoms with van der Waals surface area (Å²) >= 11 is 1.70. The zero-order chi connectivity index (χ0) is 14.0. The zero-order valence-electron chi connectivity index (χ0n) is 12.0. The van der Waals surface area contributed by atoms with Crippen LogP contribution >= 0.6 is 11.3 Å². The third-order valence-electron chi connectivity index (χ3n) is 3.95. The van der Waals surface area contributed by atoms with E-state index < -0.39 is 0 Å². The van der Waals surface area contributed by atoms with Gasteiger partial charge in [-0.2, -0.15) is 0 Å². The van der Waals surface area contributed by atoms with Crippen LogP contribution in [-0.2, 0) is 5.54 Å². The van der Waals surface area contributed by atoms with E-state index in [1.54, 1.807) is 17.5 Å². The van der Waals surface area contributed by atoms with Crippen molar-refractivity contribution in [3.05, 3.63) is 35.6 Å². The fourth-order valence-corrected chi connectivity index (χ4v) is 3.53. The van der Waals surface area contributed by atoms with Crippen LogP contribution in [0.25, 0.3) is 10.6 Å². The second-order valence-electron chi connectivity index (χ2n) is 5.58. The number of piperazine rings is 1. The molecule has 0 spiro atoms. The van der Waals surface area contributed by atoms with Crippen molar-refractivity contribution in [2.45, 2.75) is 19.4 Å². The van der Waals surface area contributed by atoms with Crippen LogP contribution in [0, 0.1) is 0 Å². The van der Waals surface area contributed by atoms with Gasteiger partial charge in [-0.1, -0.05) is 0 Å². The Labute approximate surface area is 123 Å². The van der Waals surface area contributed by atoms with E-state index in [0.717, 1.165) is 42.4 Å². The molecule has 0 aromatic carbocycles. The minimum absolute atomic E-state index is 0.0148. The second-order valence-corrected chi connectivity index (χ2v) is 6.43. The van der Waals surface area contributed by atoms with E-state index in [1.807, 2.05) is 12.3 Å². The second kappa shape index (κ2) is 5.60. The van der Waals surface area contributed by atoms with Gasteiger partial charge in [0.05, 0.1) is 11.2 Å². The number of hydrogen-bond donors (Lipinski definition) is 1. The molecule has 1 fully saturated rings. The van der Waals surface area contributed by atoms with Gasteiger partial charge in [0, 0.05) is 49.5 Å². The van der Waals surface area contributed by atoms with Gasteiger partial charge in [0.2, 0.25) is 0 Å². The molecule has 3 rings (SSSR count).